The second-order valence-corrected chi connectivity index (χ2v) is 7.83. The minimum absolute atomic E-state index is 0.0142. The molecular weight excluding hydrogens is 417 g/mol. The summed E-state index contributed by atoms with van der Waals surface area (Å²) >= 11 is 0. The van der Waals surface area contributed by atoms with Crippen molar-refractivity contribution < 1.29 is 18.7 Å². The van der Waals surface area contributed by atoms with Crippen LogP contribution < -0.4 is 16.2 Å². The summed E-state index contributed by atoms with van der Waals surface area (Å²) in [6.07, 6.45) is 0.307. The van der Waals surface area contributed by atoms with Gasteiger partial charge >= 0.3 is 0 Å². The standard InChI is InChI=1S/C22H24FN5O4/c1-12(2)26-20(29)18-17(31-11-32-18)10-25-22-24-9-13-8-15(14-6-4-5-7-16(14)23)21(30)28(3)19(13)27-22/h4-9,12,17-18H,10-11H2,1-3H3,(H,26,29)(H,24,25,27)/t17-,18+/m0/s1. The van der Waals surface area contributed by atoms with Crippen molar-refractivity contribution in [2.75, 3.05) is 18.7 Å². The topological polar surface area (TPSA) is 107 Å². The van der Waals surface area contributed by atoms with Gasteiger partial charge in [0, 0.05) is 36.8 Å². The molecule has 3 aromatic rings. The number of carbonyl (C=O) groups is 1. The Morgan fingerprint density at radius 2 is 2.06 bits per heavy atom. The molecule has 0 spiro atoms. The van der Waals surface area contributed by atoms with E-state index in [4.69, 9.17) is 9.47 Å². The van der Waals surface area contributed by atoms with E-state index in [1.807, 2.05) is 13.8 Å². The number of hydrogen-bond donors (Lipinski definition) is 2. The molecule has 1 saturated heterocycles. The van der Waals surface area contributed by atoms with Gasteiger partial charge in [-0.15, -0.1) is 0 Å². The van der Waals surface area contributed by atoms with E-state index in [1.54, 1.807) is 37.5 Å². The van der Waals surface area contributed by atoms with E-state index >= 15 is 0 Å². The monoisotopic (exact) mass is 441 g/mol. The van der Waals surface area contributed by atoms with Crippen LogP contribution >= 0.6 is 0 Å². The van der Waals surface area contributed by atoms with Gasteiger partial charge in [0.1, 0.15) is 24.4 Å². The number of anilines is 1. The smallest absolute Gasteiger partial charge is 0.259 e. The maximum Gasteiger partial charge on any atom is 0.259 e. The average Bonchev–Trinajstić information content (AvgIpc) is 3.24. The summed E-state index contributed by atoms with van der Waals surface area (Å²) in [5, 5.41) is 6.43. The zero-order chi connectivity index (χ0) is 22.8. The predicted molar refractivity (Wildman–Crippen MR) is 117 cm³/mol. The second kappa shape index (κ2) is 9.01. The van der Waals surface area contributed by atoms with E-state index < -0.39 is 18.0 Å². The van der Waals surface area contributed by atoms with Crippen LogP contribution in [-0.2, 0) is 21.3 Å². The molecule has 1 aromatic carbocycles. The maximum atomic E-state index is 14.2. The molecule has 0 aliphatic carbocycles. The number of aromatic nitrogens is 3. The molecule has 10 heteroatoms. The number of fused-ring (bicyclic) bond motifs is 1. The van der Waals surface area contributed by atoms with Gasteiger partial charge in [0.2, 0.25) is 5.95 Å². The van der Waals surface area contributed by atoms with E-state index in [0.29, 0.717) is 11.0 Å². The lowest BCUT2D eigenvalue weighted by Gasteiger charge is -2.18. The predicted octanol–water partition coefficient (Wildman–Crippen LogP) is 1.81. The fourth-order valence-corrected chi connectivity index (χ4v) is 3.57. The summed E-state index contributed by atoms with van der Waals surface area (Å²) in [5.74, 6) is -0.450. The third-order valence-corrected chi connectivity index (χ3v) is 5.13. The van der Waals surface area contributed by atoms with Crippen molar-refractivity contribution in [3.63, 3.8) is 0 Å². The molecule has 2 N–H and O–H groups in total. The van der Waals surface area contributed by atoms with Crippen molar-refractivity contribution in [3.8, 4) is 11.1 Å². The molecule has 1 aliphatic heterocycles. The van der Waals surface area contributed by atoms with Crippen molar-refractivity contribution >= 4 is 22.9 Å². The molecule has 9 nitrogen and oxygen atoms in total. The number of carbonyl (C=O) groups excluding carboxylic acids is 1. The van der Waals surface area contributed by atoms with Crippen LogP contribution in [0.4, 0.5) is 10.3 Å². The highest BCUT2D eigenvalue weighted by atomic mass is 19.1. The van der Waals surface area contributed by atoms with Crippen LogP contribution in [0, 0.1) is 5.82 Å². The summed E-state index contributed by atoms with van der Waals surface area (Å²) in [6, 6.07) is 7.69. The molecule has 0 unspecified atom stereocenters. The zero-order valence-corrected chi connectivity index (χ0v) is 18.0. The van der Waals surface area contributed by atoms with Gasteiger partial charge in [0.05, 0.1) is 5.56 Å². The number of hydrogen-bond acceptors (Lipinski definition) is 7. The van der Waals surface area contributed by atoms with Gasteiger partial charge < -0.3 is 20.1 Å². The molecule has 4 rings (SSSR count). The van der Waals surface area contributed by atoms with E-state index in [1.165, 1.54) is 10.6 Å². The average molecular weight is 441 g/mol. The van der Waals surface area contributed by atoms with Crippen LogP contribution in [0.1, 0.15) is 13.8 Å². The lowest BCUT2D eigenvalue weighted by Crippen LogP contribution is -2.45. The molecule has 32 heavy (non-hydrogen) atoms. The Labute approximate surface area is 183 Å². The Hall–Kier alpha value is -3.37. The molecule has 3 heterocycles. The van der Waals surface area contributed by atoms with Gasteiger partial charge in [0.15, 0.2) is 6.10 Å². The fourth-order valence-electron chi connectivity index (χ4n) is 3.57. The molecular formula is C22H24FN5O4. The van der Waals surface area contributed by atoms with Crippen LogP contribution in [0.2, 0.25) is 0 Å². The summed E-state index contributed by atoms with van der Waals surface area (Å²) in [7, 11) is 1.58. The Bertz CT molecular complexity index is 1210. The van der Waals surface area contributed by atoms with Crippen molar-refractivity contribution in [1.82, 2.24) is 19.9 Å². The number of amides is 1. The minimum Gasteiger partial charge on any atom is -0.352 e. The molecule has 2 aromatic heterocycles. The highest BCUT2D eigenvalue weighted by Gasteiger charge is 2.35. The lowest BCUT2D eigenvalue weighted by atomic mass is 10.1. The van der Waals surface area contributed by atoms with Crippen LogP contribution in [-0.4, -0.2) is 52.0 Å². The van der Waals surface area contributed by atoms with Crippen molar-refractivity contribution in [1.29, 1.82) is 0 Å². The number of aryl methyl sites for hydroxylation is 1. The van der Waals surface area contributed by atoms with Crippen LogP contribution in [0.3, 0.4) is 0 Å². The summed E-state index contributed by atoms with van der Waals surface area (Å²) in [4.78, 5) is 33.8. The van der Waals surface area contributed by atoms with Crippen molar-refractivity contribution in [2.24, 2.45) is 7.05 Å². The number of nitrogens with zero attached hydrogens (tertiary/aromatic N) is 3. The number of nitrogens with one attached hydrogen (secondary N) is 2. The first-order valence-electron chi connectivity index (χ1n) is 10.2. The molecule has 0 radical (unpaired) electrons. The third kappa shape index (κ3) is 4.32. The van der Waals surface area contributed by atoms with E-state index in [-0.39, 0.29) is 47.9 Å². The van der Waals surface area contributed by atoms with Gasteiger partial charge in [-0.05, 0) is 26.0 Å². The summed E-state index contributed by atoms with van der Waals surface area (Å²) in [5.41, 5.74) is 0.481. The van der Waals surface area contributed by atoms with Gasteiger partial charge in [-0.1, -0.05) is 18.2 Å². The first-order valence-corrected chi connectivity index (χ1v) is 10.2. The first kappa shape index (κ1) is 21.8. The first-order chi connectivity index (χ1) is 15.3. The Morgan fingerprint density at radius 1 is 1.28 bits per heavy atom. The highest BCUT2D eigenvalue weighted by Crippen LogP contribution is 2.23. The second-order valence-electron chi connectivity index (χ2n) is 7.83. The molecule has 1 aliphatic rings. The minimum atomic E-state index is -0.738. The van der Waals surface area contributed by atoms with Crippen LogP contribution in [0.25, 0.3) is 22.2 Å². The molecule has 1 amide bonds. The Kier molecular flexibility index (Phi) is 6.15. The van der Waals surface area contributed by atoms with Gasteiger partial charge in [-0.2, -0.15) is 4.98 Å². The molecule has 0 bridgehead atoms. The van der Waals surface area contributed by atoms with Crippen molar-refractivity contribution in [2.45, 2.75) is 32.1 Å². The van der Waals surface area contributed by atoms with Gasteiger partial charge in [0.25, 0.3) is 11.5 Å². The van der Waals surface area contributed by atoms with Crippen LogP contribution in [0.5, 0.6) is 0 Å². The van der Waals surface area contributed by atoms with E-state index in [2.05, 4.69) is 20.6 Å². The molecule has 168 valence electrons. The van der Waals surface area contributed by atoms with E-state index in [9.17, 15) is 14.0 Å². The Morgan fingerprint density at radius 3 is 2.81 bits per heavy atom. The number of benzene rings is 1. The number of rotatable bonds is 6. The normalized spacial score (nSPS) is 18.3. The Balaban J connectivity index is 1.56. The van der Waals surface area contributed by atoms with Gasteiger partial charge in [-0.3, -0.25) is 14.2 Å². The van der Waals surface area contributed by atoms with Crippen LogP contribution in [0.15, 0.2) is 41.3 Å². The van der Waals surface area contributed by atoms with Crippen molar-refractivity contribution in [3.05, 3.63) is 52.7 Å². The SMILES string of the molecule is CC(C)NC(=O)[C@@H]1OCO[C@H]1CNc1ncc2cc(-c3ccccc3F)c(=O)n(C)c2n1. The zero-order valence-electron chi connectivity index (χ0n) is 18.0. The fraction of sp³-hybridized carbons (Fsp3) is 0.364. The number of pyridine rings is 1. The summed E-state index contributed by atoms with van der Waals surface area (Å²) < 4.78 is 26.5. The highest BCUT2D eigenvalue weighted by molar-refractivity contribution is 5.82. The summed E-state index contributed by atoms with van der Waals surface area (Å²) in [6.45, 7) is 3.99. The quantitative estimate of drug-likeness (QED) is 0.601. The molecule has 2 atom stereocenters. The largest absolute Gasteiger partial charge is 0.352 e. The van der Waals surface area contributed by atoms with Gasteiger partial charge in [-0.25, -0.2) is 9.37 Å². The maximum absolute atomic E-state index is 14.2. The molecule has 1 fully saturated rings. The third-order valence-electron chi connectivity index (χ3n) is 5.13. The lowest BCUT2D eigenvalue weighted by molar-refractivity contribution is -0.130. The number of ether oxygens (including phenoxy) is 2. The number of halogens is 1. The molecule has 0 saturated carbocycles. The van der Waals surface area contributed by atoms with E-state index in [0.717, 1.165) is 0 Å².